The van der Waals surface area contributed by atoms with Crippen LogP contribution in [0.25, 0.3) is 22.6 Å². The highest BCUT2D eigenvalue weighted by molar-refractivity contribution is 6.31. The number of hydrogen-bond donors (Lipinski definition) is 0. The van der Waals surface area contributed by atoms with Gasteiger partial charge in [-0.25, -0.2) is 4.98 Å². The number of aryl methyl sites for hydroxylation is 1. The SMILES string of the molecule is Cc1ccccc1/C=C1\CCn2c1nc1cc(Cl)ccc1c2=O. The van der Waals surface area contributed by atoms with Gasteiger partial charge in [-0.1, -0.05) is 35.9 Å². The number of rotatable bonds is 1. The number of hydrogen-bond acceptors (Lipinski definition) is 2. The minimum atomic E-state index is 0.00912. The molecule has 3 nitrogen and oxygen atoms in total. The van der Waals surface area contributed by atoms with Crippen LogP contribution in [0.5, 0.6) is 0 Å². The van der Waals surface area contributed by atoms with Crippen molar-refractivity contribution in [2.45, 2.75) is 19.9 Å². The molecule has 3 aromatic rings. The number of aromatic nitrogens is 2. The molecule has 2 aromatic carbocycles. The van der Waals surface area contributed by atoms with Crippen molar-refractivity contribution in [3.05, 3.63) is 74.8 Å². The summed E-state index contributed by atoms with van der Waals surface area (Å²) < 4.78 is 1.76. The molecule has 0 amide bonds. The lowest BCUT2D eigenvalue weighted by Crippen LogP contribution is -2.20. The number of nitrogens with zero attached hydrogens (tertiary/aromatic N) is 2. The second-order valence-corrected chi connectivity index (χ2v) is 6.27. The molecule has 4 rings (SSSR count). The van der Waals surface area contributed by atoms with Crippen LogP contribution in [0.4, 0.5) is 0 Å². The fourth-order valence-electron chi connectivity index (χ4n) is 3.06. The molecule has 1 aromatic heterocycles. The molecule has 114 valence electrons. The van der Waals surface area contributed by atoms with Crippen molar-refractivity contribution < 1.29 is 0 Å². The summed E-state index contributed by atoms with van der Waals surface area (Å²) in [5.41, 5.74) is 4.14. The van der Waals surface area contributed by atoms with Crippen LogP contribution in [-0.4, -0.2) is 9.55 Å². The molecule has 1 aliphatic rings. The van der Waals surface area contributed by atoms with Gasteiger partial charge in [-0.2, -0.15) is 0 Å². The summed E-state index contributed by atoms with van der Waals surface area (Å²) in [5, 5.41) is 1.21. The van der Waals surface area contributed by atoms with E-state index in [2.05, 4.69) is 25.1 Å². The average molecular weight is 323 g/mol. The van der Waals surface area contributed by atoms with Crippen LogP contribution in [-0.2, 0) is 6.54 Å². The lowest BCUT2D eigenvalue weighted by Gasteiger charge is -2.06. The maximum atomic E-state index is 12.6. The molecular weight excluding hydrogens is 308 g/mol. The topological polar surface area (TPSA) is 34.9 Å². The van der Waals surface area contributed by atoms with Gasteiger partial charge in [0.15, 0.2) is 0 Å². The average Bonchev–Trinajstić information content (AvgIpc) is 2.93. The van der Waals surface area contributed by atoms with Gasteiger partial charge in [0.1, 0.15) is 5.82 Å². The van der Waals surface area contributed by atoms with E-state index in [-0.39, 0.29) is 5.56 Å². The maximum Gasteiger partial charge on any atom is 0.261 e. The van der Waals surface area contributed by atoms with E-state index in [1.165, 1.54) is 5.56 Å². The fourth-order valence-corrected chi connectivity index (χ4v) is 3.23. The molecule has 1 aliphatic heterocycles. The third-order valence-electron chi connectivity index (χ3n) is 4.33. The summed E-state index contributed by atoms with van der Waals surface area (Å²) >= 11 is 6.05. The molecule has 0 unspecified atom stereocenters. The third-order valence-corrected chi connectivity index (χ3v) is 4.56. The van der Waals surface area contributed by atoms with Gasteiger partial charge >= 0.3 is 0 Å². The summed E-state index contributed by atoms with van der Waals surface area (Å²) in [6.45, 7) is 2.76. The zero-order valence-corrected chi connectivity index (χ0v) is 13.5. The molecule has 0 fully saturated rings. The number of halogens is 1. The summed E-state index contributed by atoms with van der Waals surface area (Å²) in [6.07, 6.45) is 2.96. The van der Waals surface area contributed by atoms with Gasteiger partial charge in [0.25, 0.3) is 5.56 Å². The molecule has 0 spiro atoms. The Kier molecular flexibility index (Phi) is 3.31. The standard InChI is InChI=1S/C19H15ClN2O/c1-12-4-2-3-5-13(12)10-14-8-9-22-18(14)21-17-11-15(20)6-7-16(17)19(22)23/h2-7,10-11H,8-9H2,1H3/b14-10+. The first-order valence-corrected chi connectivity index (χ1v) is 7.98. The van der Waals surface area contributed by atoms with Crippen molar-refractivity contribution in [2.24, 2.45) is 0 Å². The van der Waals surface area contributed by atoms with Crippen LogP contribution in [0.2, 0.25) is 5.02 Å². The zero-order chi connectivity index (χ0) is 16.0. The van der Waals surface area contributed by atoms with E-state index in [9.17, 15) is 4.79 Å². The Morgan fingerprint density at radius 3 is 2.87 bits per heavy atom. The normalized spacial score (nSPS) is 15.3. The second kappa shape index (κ2) is 5.36. The molecule has 0 aliphatic carbocycles. The molecular formula is C19H15ClN2O. The van der Waals surface area contributed by atoms with Crippen molar-refractivity contribution >= 4 is 34.2 Å². The highest BCUT2D eigenvalue weighted by Gasteiger charge is 2.21. The largest absolute Gasteiger partial charge is 0.292 e. The lowest BCUT2D eigenvalue weighted by atomic mass is 10.0. The van der Waals surface area contributed by atoms with Crippen LogP contribution >= 0.6 is 11.6 Å². The van der Waals surface area contributed by atoms with Gasteiger partial charge in [0, 0.05) is 11.6 Å². The smallest absolute Gasteiger partial charge is 0.261 e. The molecule has 23 heavy (non-hydrogen) atoms. The summed E-state index contributed by atoms with van der Waals surface area (Å²) in [5.74, 6) is 0.757. The van der Waals surface area contributed by atoms with Gasteiger partial charge < -0.3 is 0 Å². The van der Waals surface area contributed by atoms with Crippen LogP contribution in [0.3, 0.4) is 0 Å². The van der Waals surface area contributed by atoms with Crippen molar-refractivity contribution in [3.8, 4) is 0 Å². The predicted octanol–water partition coefficient (Wildman–Crippen LogP) is 4.30. The minimum absolute atomic E-state index is 0.00912. The highest BCUT2D eigenvalue weighted by Crippen LogP contribution is 2.28. The summed E-state index contributed by atoms with van der Waals surface area (Å²) in [7, 11) is 0. The molecule has 0 N–H and O–H groups in total. The molecule has 0 bridgehead atoms. The van der Waals surface area contributed by atoms with Crippen molar-refractivity contribution in [1.82, 2.24) is 9.55 Å². The Morgan fingerprint density at radius 2 is 2.04 bits per heavy atom. The molecule has 0 saturated heterocycles. The van der Waals surface area contributed by atoms with Crippen LogP contribution < -0.4 is 5.56 Å². The third kappa shape index (κ3) is 2.37. The first kappa shape index (κ1) is 14.2. The van der Waals surface area contributed by atoms with E-state index in [0.717, 1.165) is 23.4 Å². The Hall–Kier alpha value is -2.39. The lowest BCUT2D eigenvalue weighted by molar-refractivity contribution is 0.725. The van der Waals surface area contributed by atoms with Crippen molar-refractivity contribution in [1.29, 1.82) is 0 Å². The second-order valence-electron chi connectivity index (χ2n) is 5.83. The van der Waals surface area contributed by atoms with Gasteiger partial charge in [-0.15, -0.1) is 0 Å². The Balaban J connectivity index is 1.93. The van der Waals surface area contributed by atoms with E-state index >= 15 is 0 Å². The monoisotopic (exact) mass is 322 g/mol. The van der Waals surface area contributed by atoms with Crippen molar-refractivity contribution in [2.75, 3.05) is 0 Å². The summed E-state index contributed by atoms with van der Waals surface area (Å²) in [6, 6.07) is 13.5. The highest BCUT2D eigenvalue weighted by atomic mass is 35.5. The fraction of sp³-hybridized carbons (Fsp3) is 0.158. The minimum Gasteiger partial charge on any atom is -0.292 e. The van der Waals surface area contributed by atoms with Crippen molar-refractivity contribution in [3.63, 3.8) is 0 Å². The van der Waals surface area contributed by atoms with Crippen LogP contribution in [0.15, 0.2) is 47.3 Å². The zero-order valence-electron chi connectivity index (χ0n) is 12.7. The van der Waals surface area contributed by atoms with Crippen LogP contribution in [0, 0.1) is 6.92 Å². The van der Waals surface area contributed by atoms with Gasteiger partial charge in [0.2, 0.25) is 0 Å². The number of benzene rings is 2. The van der Waals surface area contributed by atoms with E-state index in [0.29, 0.717) is 22.5 Å². The Labute approximate surface area is 138 Å². The maximum absolute atomic E-state index is 12.6. The summed E-state index contributed by atoms with van der Waals surface area (Å²) in [4.78, 5) is 17.3. The van der Waals surface area contributed by atoms with Gasteiger partial charge in [0.05, 0.1) is 10.9 Å². The molecule has 2 heterocycles. The predicted molar refractivity (Wildman–Crippen MR) is 94.7 cm³/mol. The van der Waals surface area contributed by atoms with Crippen LogP contribution in [0.1, 0.15) is 23.4 Å². The van der Waals surface area contributed by atoms with E-state index < -0.39 is 0 Å². The quantitative estimate of drug-likeness (QED) is 0.669. The van der Waals surface area contributed by atoms with Gasteiger partial charge in [-0.3, -0.25) is 9.36 Å². The number of allylic oxidation sites excluding steroid dienone is 1. The van der Waals surface area contributed by atoms with E-state index in [1.54, 1.807) is 22.8 Å². The Morgan fingerprint density at radius 1 is 1.22 bits per heavy atom. The van der Waals surface area contributed by atoms with E-state index in [4.69, 9.17) is 16.6 Å². The Bertz CT molecular complexity index is 1020. The molecule has 0 saturated carbocycles. The first-order chi connectivity index (χ1) is 11.1. The molecule has 0 atom stereocenters. The van der Waals surface area contributed by atoms with E-state index in [1.807, 2.05) is 12.1 Å². The molecule has 4 heteroatoms. The first-order valence-electron chi connectivity index (χ1n) is 7.60. The van der Waals surface area contributed by atoms with Gasteiger partial charge in [-0.05, 0) is 54.3 Å². The number of fused-ring (bicyclic) bond motifs is 2. The molecule has 0 radical (unpaired) electrons.